The number of nitrogens with zero attached hydrogens (tertiary/aromatic N) is 7. The largest absolute Gasteiger partial charge is 0.383 e. The maximum atomic E-state index is 14.7. The van der Waals surface area contributed by atoms with Crippen molar-refractivity contribution in [2.75, 3.05) is 146 Å². The Hall–Kier alpha value is -5.25. The van der Waals surface area contributed by atoms with Crippen LogP contribution in [0.1, 0.15) is 57.9 Å². The van der Waals surface area contributed by atoms with Gasteiger partial charge in [-0.05, 0) is 81.4 Å². The molecule has 0 spiro atoms. The van der Waals surface area contributed by atoms with Gasteiger partial charge in [-0.3, -0.25) is 33.6 Å². The summed E-state index contributed by atoms with van der Waals surface area (Å²) in [4.78, 5) is 107. The summed E-state index contributed by atoms with van der Waals surface area (Å²) in [5.41, 5.74) is 18.0. The summed E-state index contributed by atoms with van der Waals surface area (Å²) >= 11 is 0. The molecule has 0 radical (unpaired) electrons. The van der Waals surface area contributed by atoms with Crippen molar-refractivity contribution in [3.8, 4) is 0 Å². The van der Waals surface area contributed by atoms with Crippen LogP contribution in [0, 0.1) is 0 Å². The number of nitrogens with two attached hydrogens (primary N) is 3. The number of unbranched alkanes of at least 4 members (excludes halogenated alkanes) is 3. The van der Waals surface area contributed by atoms with Crippen molar-refractivity contribution in [2.45, 2.75) is 58.9 Å². The molecule has 68 heavy (non-hydrogen) atoms. The predicted molar refractivity (Wildman–Crippen MR) is 261 cm³/mol. The fourth-order valence-electron chi connectivity index (χ4n) is 7.37. The number of carbonyl (C=O) groups excluding carboxylic acids is 7. The van der Waals surface area contributed by atoms with Crippen molar-refractivity contribution in [3.63, 3.8) is 0 Å². The summed E-state index contributed by atoms with van der Waals surface area (Å²) < 4.78 is 15.7. The number of likely N-dealkylation sites (N-methyl/N-ethyl adjacent to an activating group) is 1. The lowest BCUT2D eigenvalue weighted by Gasteiger charge is -2.32. The molecular formula is C48H80N10O10. The number of methoxy groups -OCH3 is 3. The Morgan fingerprint density at radius 1 is 0.441 bits per heavy atom. The Balaban J connectivity index is 2.50. The van der Waals surface area contributed by atoms with Crippen LogP contribution in [-0.4, -0.2) is 222 Å². The third-order valence-electron chi connectivity index (χ3n) is 11.5. The zero-order chi connectivity index (χ0) is 50.3. The molecule has 0 saturated carbocycles. The first-order valence-electron chi connectivity index (χ1n) is 23.7. The second kappa shape index (κ2) is 34.1. The van der Waals surface area contributed by atoms with Crippen LogP contribution in [0.4, 0.5) is 0 Å². The van der Waals surface area contributed by atoms with E-state index in [4.69, 9.17) is 31.4 Å². The zero-order valence-corrected chi connectivity index (χ0v) is 41.4. The highest BCUT2D eigenvalue weighted by molar-refractivity contribution is 5.93. The van der Waals surface area contributed by atoms with Crippen molar-refractivity contribution in [2.24, 2.45) is 17.2 Å². The lowest BCUT2D eigenvalue weighted by molar-refractivity contribution is -0.149. The Labute approximate surface area is 403 Å². The summed E-state index contributed by atoms with van der Waals surface area (Å²) in [6.45, 7) is 4.32. The molecule has 7 amide bonds. The maximum absolute atomic E-state index is 14.7. The minimum Gasteiger partial charge on any atom is -0.383 e. The molecule has 2 rings (SSSR count). The minimum absolute atomic E-state index is 0.00408. The molecule has 0 fully saturated rings. The van der Waals surface area contributed by atoms with Crippen LogP contribution in [0.15, 0.2) is 42.5 Å². The number of benzene rings is 2. The van der Waals surface area contributed by atoms with Crippen LogP contribution in [0.5, 0.6) is 0 Å². The van der Waals surface area contributed by atoms with E-state index in [9.17, 15) is 33.6 Å². The van der Waals surface area contributed by atoms with Crippen LogP contribution in [0.3, 0.4) is 0 Å². The average Bonchev–Trinajstić information content (AvgIpc) is 3.33. The number of rotatable bonds is 36. The minimum atomic E-state index is -0.541. The Morgan fingerprint density at radius 3 is 1.22 bits per heavy atom. The highest BCUT2D eigenvalue weighted by Crippen LogP contribution is 2.21. The van der Waals surface area contributed by atoms with Crippen molar-refractivity contribution in [1.82, 2.24) is 34.3 Å². The first-order chi connectivity index (χ1) is 32.8. The number of hydrogen-bond acceptors (Lipinski definition) is 13. The zero-order valence-electron chi connectivity index (χ0n) is 41.4. The predicted octanol–water partition coefficient (Wildman–Crippen LogP) is 0.336. The van der Waals surface area contributed by atoms with Gasteiger partial charge in [-0.15, -0.1) is 0 Å². The second-order valence-corrected chi connectivity index (χ2v) is 16.5. The molecule has 0 unspecified atom stereocenters. The van der Waals surface area contributed by atoms with E-state index in [2.05, 4.69) is 0 Å². The third kappa shape index (κ3) is 21.4. The van der Waals surface area contributed by atoms with Crippen LogP contribution >= 0.6 is 0 Å². The topological polar surface area (TPSA) is 248 Å². The molecule has 20 nitrogen and oxygen atoms in total. The summed E-state index contributed by atoms with van der Waals surface area (Å²) in [5.74, 6) is -3.11. The van der Waals surface area contributed by atoms with Gasteiger partial charge in [0.05, 0.1) is 52.5 Å². The van der Waals surface area contributed by atoms with Gasteiger partial charge < -0.3 is 65.7 Å². The van der Waals surface area contributed by atoms with Crippen LogP contribution in [-0.2, 0) is 54.3 Å². The molecule has 0 aliphatic carbocycles. The molecule has 6 N–H and O–H groups in total. The van der Waals surface area contributed by atoms with Gasteiger partial charge in [0.1, 0.15) is 6.54 Å². The van der Waals surface area contributed by atoms with E-state index in [1.165, 1.54) is 57.7 Å². The highest BCUT2D eigenvalue weighted by Gasteiger charge is 2.30. The molecule has 2 aromatic rings. The monoisotopic (exact) mass is 957 g/mol. The van der Waals surface area contributed by atoms with Gasteiger partial charge >= 0.3 is 0 Å². The molecule has 382 valence electrons. The van der Waals surface area contributed by atoms with E-state index < -0.39 is 49.2 Å². The van der Waals surface area contributed by atoms with Crippen LogP contribution in [0.25, 0.3) is 10.8 Å². The number of ether oxygens (including phenoxy) is 3. The van der Waals surface area contributed by atoms with Crippen molar-refractivity contribution >= 4 is 52.1 Å². The smallest absolute Gasteiger partial charge is 0.242 e. The van der Waals surface area contributed by atoms with E-state index in [-0.39, 0.29) is 90.5 Å². The molecule has 0 saturated heterocycles. The standard InChI is InChI=1S/C48H80N10O10/c1-6-52(23-12-9-20-49)43(60)34-56(27-30-67-4)47(64)38-58(32-41-18-15-17-40-16-7-8-19-42(40)41)48(65)37-55(25-14-11-22-51)45(62)36-57(28-31-68-5)46(63)35-54(24-13-10-21-50)44(61)33-53(39(2)59)26-29-66-3/h7-8,15-19H,6,9-14,20-38,49-51H2,1-5H3. The van der Waals surface area contributed by atoms with E-state index in [1.54, 1.807) is 4.90 Å². The van der Waals surface area contributed by atoms with E-state index >= 15 is 0 Å². The fourth-order valence-corrected chi connectivity index (χ4v) is 7.37. The first-order valence-corrected chi connectivity index (χ1v) is 23.7. The van der Waals surface area contributed by atoms with E-state index in [1.807, 2.05) is 49.4 Å². The number of amides is 7. The van der Waals surface area contributed by atoms with Gasteiger partial charge in [0, 0.05) is 80.6 Å². The SMILES string of the molecule is CCN(CCCCN)C(=O)CN(CCOC)C(=O)CN(Cc1cccc2ccccc12)C(=O)CN(CCCCN)C(=O)CN(CCOC)C(=O)CN(CCCCN)C(=O)CN(CCOC)C(C)=O. The van der Waals surface area contributed by atoms with E-state index in [0.29, 0.717) is 58.4 Å². The van der Waals surface area contributed by atoms with Gasteiger partial charge in [-0.1, -0.05) is 42.5 Å². The summed E-state index contributed by atoms with van der Waals surface area (Å²) in [6, 6.07) is 13.4. The Morgan fingerprint density at radius 2 is 0.794 bits per heavy atom. The summed E-state index contributed by atoms with van der Waals surface area (Å²) in [7, 11) is 4.45. The number of fused-ring (bicyclic) bond motifs is 1. The second-order valence-electron chi connectivity index (χ2n) is 16.5. The molecular weight excluding hydrogens is 877 g/mol. The van der Waals surface area contributed by atoms with Gasteiger partial charge in [-0.25, -0.2) is 0 Å². The molecule has 0 bridgehead atoms. The molecule has 0 aliphatic heterocycles. The van der Waals surface area contributed by atoms with Crippen molar-refractivity contribution < 1.29 is 47.8 Å². The fraction of sp³-hybridized carbons (Fsp3) is 0.646. The normalized spacial score (nSPS) is 11.0. The van der Waals surface area contributed by atoms with Gasteiger partial charge in [0.15, 0.2) is 0 Å². The summed E-state index contributed by atoms with van der Waals surface area (Å²) in [5, 5.41) is 1.82. The molecule has 0 heterocycles. The molecule has 0 aromatic heterocycles. The van der Waals surface area contributed by atoms with Crippen LogP contribution in [0.2, 0.25) is 0 Å². The molecule has 0 aliphatic rings. The van der Waals surface area contributed by atoms with E-state index in [0.717, 1.165) is 29.2 Å². The quantitative estimate of drug-likeness (QED) is 0.0781. The lowest BCUT2D eigenvalue weighted by atomic mass is 10.0. The highest BCUT2D eigenvalue weighted by atomic mass is 16.5. The molecule has 20 heteroatoms. The molecule has 2 aromatic carbocycles. The van der Waals surface area contributed by atoms with Crippen molar-refractivity contribution in [1.29, 1.82) is 0 Å². The Bertz CT molecular complexity index is 1850. The number of carbonyl (C=O) groups is 7. The third-order valence-corrected chi connectivity index (χ3v) is 11.5. The van der Waals surface area contributed by atoms with Crippen LogP contribution < -0.4 is 17.2 Å². The van der Waals surface area contributed by atoms with Gasteiger partial charge in [-0.2, -0.15) is 0 Å². The maximum Gasteiger partial charge on any atom is 0.242 e. The number of hydrogen-bond donors (Lipinski definition) is 3. The average molecular weight is 957 g/mol. The van der Waals surface area contributed by atoms with Gasteiger partial charge in [0.2, 0.25) is 41.4 Å². The lowest BCUT2D eigenvalue weighted by Crippen LogP contribution is -2.52. The van der Waals surface area contributed by atoms with Crippen molar-refractivity contribution in [3.05, 3.63) is 48.0 Å². The Kier molecular flexibility index (Phi) is 29.5. The summed E-state index contributed by atoms with van der Waals surface area (Å²) in [6.07, 6.45) is 3.57. The van der Waals surface area contributed by atoms with Gasteiger partial charge in [0.25, 0.3) is 0 Å². The molecule has 0 atom stereocenters. The first kappa shape index (κ1) is 58.9.